The quantitative estimate of drug-likeness (QED) is 0.809. The van der Waals surface area contributed by atoms with E-state index >= 15 is 0 Å². The van der Waals surface area contributed by atoms with E-state index in [1.165, 1.54) is 50.8 Å². The van der Waals surface area contributed by atoms with Crippen LogP contribution in [0.1, 0.15) is 37.7 Å². The van der Waals surface area contributed by atoms with E-state index < -0.39 is 0 Å². The van der Waals surface area contributed by atoms with E-state index in [1.807, 2.05) is 0 Å². The van der Waals surface area contributed by atoms with Crippen LogP contribution in [0.2, 0.25) is 0 Å². The Kier molecular flexibility index (Phi) is 3.55. The van der Waals surface area contributed by atoms with E-state index in [0.717, 1.165) is 11.8 Å². The molecule has 2 nitrogen and oxygen atoms in total. The van der Waals surface area contributed by atoms with Crippen molar-refractivity contribution in [3.8, 4) is 5.75 Å². The molecular formula is C16H23NO. The molecule has 2 fully saturated rings. The van der Waals surface area contributed by atoms with Crippen LogP contribution in [-0.4, -0.2) is 30.1 Å². The minimum Gasteiger partial charge on any atom is -0.490 e. The van der Waals surface area contributed by atoms with Crippen LogP contribution < -0.4 is 4.74 Å². The molecule has 0 N–H and O–H groups in total. The fraction of sp³-hybridized carbons (Fsp3) is 0.625. The van der Waals surface area contributed by atoms with Gasteiger partial charge in [-0.05, 0) is 45.0 Å². The molecule has 0 aromatic heterocycles. The van der Waals surface area contributed by atoms with Crippen LogP contribution in [0.3, 0.4) is 0 Å². The van der Waals surface area contributed by atoms with Crippen LogP contribution >= 0.6 is 0 Å². The summed E-state index contributed by atoms with van der Waals surface area (Å²) >= 11 is 0. The number of ether oxygens (including phenoxy) is 1. The molecule has 0 bridgehead atoms. The van der Waals surface area contributed by atoms with Gasteiger partial charge in [-0.15, -0.1) is 0 Å². The van der Waals surface area contributed by atoms with Gasteiger partial charge in [-0.1, -0.05) is 24.1 Å². The predicted molar refractivity (Wildman–Crippen MR) is 74.0 cm³/mol. The average Bonchev–Trinajstić information content (AvgIpc) is 2.36. The lowest BCUT2D eigenvalue weighted by molar-refractivity contribution is 0.00892. The van der Waals surface area contributed by atoms with Crippen LogP contribution in [0.4, 0.5) is 0 Å². The van der Waals surface area contributed by atoms with Crippen molar-refractivity contribution < 1.29 is 4.74 Å². The first kappa shape index (κ1) is 12.0. The Hall–Kier alpha value is -1.02. The van der Waals surface area contributed by atoms with E-state index in [9.17, 15) is 0 Å². The second kappa shape index (κ2) is 5.31. The van der Waals surface area contributed by atoms with Gasteiger partial charge in [-0.3, -0.25) is 0 Å². The van der Waals surface area contributed by atoms with Gasteiger partial charge in [-0.25, -0.2) is 0 Å². The van der Waals surface area contributed by atoms with Gasteiger partial charge in [0.15, 0.2) is 0 Å². The number of aryl methyl sites for hydroxylation is 1. The SMILES string of the molecule is Cc1ccc(OC2CC(N3CCCCC3)C2)cc1. The zero-order valence-electron chi connectivity index (χ0n) is 11.3. The summed E-state index contributed by atoms with van der Waals surface area (Å²) in [6, 6.07) is 9.21. The zero-order chi connectivity index (χ0) is 12.4. The molecule has 1 heterocycles. The summed E-state index contributed by atoms with van der Waals surface area (Å²) in [5.41, 5.74) is 1.29. The van der Waals surface area contributed by atoms with Crippen molar-refractivity contribution in [2.24, 2.45) is 0 Å². The van der Waals surface area contributed by atoms with E-state index in [1.54, 1.807) is 0 Å². The van der Waals surface area contributed by atoms with Gasteiger partial charge in [0.2, 0.25) is 0 Å². The zero-order valence-corrected chi connectivity index (χ0v) is 11.3. The average molecular weight is 245 g/mol. The highest BCUT2D eigenvalue weighted by Gasteiger charge is 2.35. The van der Waals surface area contributed by atoms with Crippen LogP contribution in [0.15, 0.2) is 24.3 Å². The molecule has 98 valence electrons. The minimum atomic E-state index is 0.444. The molecule has 1 aliphatic carbocycles. The standard InChI is InChI=1S/C16H23NO/c1-13-5-7-15(8-6-13)18-16-11-14(12-16)17-9-3-2-4-10-17/h5-8,14,16H,2-4,9-12H2,1H3. The molecule has 1 saturated heterocycles. The summed E-state index contributed by atoms with van der Waals surface area (Å²) in [5, 5.41) is 0. The summed E-state index contributed by atoms with van der Waals surface area (Å²) in [6.07, 6.45) is 7.08. The minimum absolute atomic E-state index is 0.444. The Labute approximate surface area is 110 Å². The fourth-order valence-corrected chi connectivity index (χ4v) is 3.03. The number of benzene rings is 1. The number of piperidine rings is 1. The van der Waals surface area contributed by atoms with Crippen molar-refractivity contribution >= 4 is 0 Å². The molecule has 1 aromatic rings. The Morgan fingerprint density at radius 3 is 2.33 bits per heavy atom. The van der Waals surface area contributed by atoms with Crippen molar-refractivity contribution in [2.75, 3.05) is 13.1 Å². The smallest absolute Gasteiger partial charge is 0.119 e. The van der Waals surface area contributed by atoms with Gasteiger partial charge in [0.25, 0.3) is 0 Å². The Balaban J connectivity index is 1.46. The molecule has 18 heavy (non-hydrogen) atoms. The molecule has 0 radical (unpaired) electrons. The monoisotopic (exact) mass is 245 g/mol. The number of nitrogens with zero attached hydrogens (tertiary/aromatic N) is 1. The third-order valence-corrected chi connectivity index (χ3v) is 4.30. The highest BCUT2D eigenvalue weighted by atomic mass is 16.5. The summed E-state index contributed by atoms with van der Waals surface area (Å²) in [5.74, 6) is 1.03. The second-order valence-electron chi connectivity index (χ2n) is 5.77. The van der Waals surface area contributed by atoms with Gasteiger partial charge in [0, 0.05) is 18.9 Å². The first-order valence-electron chi connectivity index (χ1n) is 7.28. The normalized spacial score (nSPS) is 28.7. The van der Waals surface area contributed by atoms with Crippen molar-refractivity contribution in [1.82, 2.24) is 4.90 Å². The molecule has 1 aliphatic heterocycles. The van der Waals surface area contributed by atoms with Crippen molar-refractivity contribution in [2.45, 2.75) is 51.2 Å². The molecule has 1 aromatic carbocycles. The maximum atomic E-state index is 6.00. The van der Waals surface area contributed by atoms with E-state index in [0.29, 0.717) is 6.10 Å². The number of hydrogen-bond donors (Lipinski definition) is 0. The van der Waals surface area contributed by atoms with Gasteiger partial charge in [0.05, 0.1) is 0 Å². The van der Waals surface area contributed by atoms with Gasteiger partial charge in [-0.2, -0.15) is 0 Å². The molecule has 1 saturated carbocycles. The lowest BCUT2D eigenvalue weighted by Gasteiger charge is -2.44. The number of likely N-dealkylation sites (tertiary alicyclic amines) is 1. The molecule has 0 spiro atoms. The Morgan fingerprint density at radius 2 is 1.67 bits per heavy atom. The van der Waals surface area contributed by atoms with Crippen molar-refractivity contribution in [1.29, 1.82) is 0 Å². The molecule has 2 aliphatic rings. The number of hydrogen-bond acceptors (Lipinski definition) is 2. The third kappa shape index (κ3) is 2.69. The van der Waals surface area contributed by atoms with E-state index in [4.69, 9.17) is 4.74 Å². The molecule has 2 heteroatoms. The summed E-state index contributed by atoms with van der Waals surface area (Å²) in [7, 11) is 0. The lowest BCUT2D eigenvalue weighted by atomic mass is 9.86. The molecule has 0 unspecified atom stereocenters. The van der Waals surface area contributed by atoms with Crippen LogP contribution in [0.5, 0.6) is 5.75 Å². The number of rotatable bonds is 3. The maximum absolute atomic E-state index is 6.00. The summed E-state index contributed by atoms with van der Waals surface area (Å²) in [6.45, 7) is 4.73. The first-order chi connectivity index (χ1) is 8.81. The van der Waals surface area contributed by atoms with Gasteiger partial charge < -0.3 is 9.64 Å². The third-order valence-electron chi connectivity index (χ3n) is 4.30. The van der Waals surface area contributed by atoms with Crippen LogP contribution in [-0.2, 0) is 0 Å². The summed E-state index contributed by atoms with van der Waals surface area (Å²) in [4.78, 5) is 2.67. The topological polar surface area (TPSA) is 12.5 Å². The van der Waals surface area contributed by atoms with E-state index in [-0.39, 0.29) is 0 Å². The Bertz CT molecular complexity index is 375. The largest absolute Gasteiger partial charge is 0.490 e. The molecule has 3 rings (SSSR count). The predicted octanol–water partition coefficient (Wildman–Crippen LogP) is 3.39. The Morgan fingerprint density at radius 1 is 1.00 bits per heavy atom. The first-order valence-corrected chi connectivity index (χ1v) is 7.28. The lowest BCUT2D eigenvalue weighted by Crippen LogP contribution is -2.50. The molecule has 0 atom stereocenters. The highest BCUT2D eigenvalue weighted by Crippen LogP contribution is 2.31. The summed E-state index contributed by atoms with van der Waals surface area (Å²) < 4.78 is 6.00. The van der Waals surface area contributed by atoms with Crippen LogP contribution in [0.25, 0.3) is 0 Å². The van der Waals surface area contributed by atoms with Crippen molar-refractivity contribution in [3.63, 3.8) is 0 Å². The highest BCUT2D eigenvalue weighted by molar-refractivity contribution is 5.26. The maximum Gasteiger partial charge on any atom is 0.119 e. The van der Waals surface area contributed by atoms with Gasteiger partial charge in [0.1, 0.15) is 11.9 Å². The fourth-order valence-electron chi connectivity index (χ4n) is 3.03. The molecule has 0 amide bonds. The molecular weight excluding hydrogens is 222 g/mol. The van der Waals surface area contributed by atoms with Crippen molar-refractivity contribution in [3.05, 3.63) is 29.8 Å². The van der Waals surface area contributed by atoms with Crippen LogP contribution in [0, 0.1) is 6.92 Å². The van der Waals surface area contributed by atoms with E-state index in [2.05, 4.69) is 36.1 Å². The second-order valence-corrected chi connectivity index (χ2v) is 5.77. The van der Waals surface area contributed by atoms with Gasteiger partial charge >= 0.3 is 0 Å².